The predicted molar refractivity (Wildman–Crippen MR) is 120 cm³/mol. The lowest BCUT2D eigenvalue weighted by atomic mass is 9.89. The van der Waals surface area contributed by atoms with Crippen LogP contribution in [0.25, 0.3) is 0 Å². The third-order valence-corrected chi connectivity index (χ3v) is 5.33. The number of carbonyl (C=O) groups excluding carboxylic acids is 1. The molecule has 0 heterocycles. The van der Waals surface area contributed by atoms with E-state index in [-0.39, 0.29) is 30.5 Å². The maximum atomic E-state index is 11.5. The van der Waals surface area contributed by atoms with Crippen molar-refractivity contribution in [3.05, 3.63) is 54.6 Å². The van der Waals surface area contributed by atoms with Crippen LogP contribution in [0.2, 0.25) is 0 Å². The van der Waals surface area contributed by atoms with Crippen LogP contribution in [0.15, 0.2) is 54.6 Å². The molecular weight excluding hydrogens is 396 g/mol. The molecule has 1 aromatic rings. The highest BCUT2D eigenvalue weighted by Gasteiger charge is 2.39. The minimum atomic E-state index is -0.799. The monoisotopic (exact) mass is 432 g/mol. The SMILES string of the molecule is CC(C)OC(=O)CCCC=CC[C@@H]1[C@@H](/C=C/[C@@H](O)COc2ccccc2)[C@H](O)C[C@@H]1O. The summed E-state index contributed by atoms with van der Waals surface area (Å²) in [6.07, 6.45) is 8.12. The molecule has 1 saturated carbocycles. The summed E-state index contributed by atoms with van der Waals surface area (Å²) < 4.78 is 10.6. The van der Waals surface area contributed by atoms with Gasteiger partial charge in [-0.05, 0) is 51.2 Å². The van der Waals surface area contributed by atoms with Gasteiger partial charge in [0.2, 0.25) is 0 Å². The van der Waals surface area contributed by atoms with Crippen LogP contribution in [0.4, 0.5) is 0 Å². The molecule has 1 aromatic carbocycles. The molecule has 2 rings (SSSR count). The molecule has 172 valence electrons. The van der Waals surface area contributed by atoms with Crippen LogP contribution in [0.1, 0.15) is 46.0 Å². The molecule has 0 aliphatic heterocycles. The molecule has 31 heavy (non-hydrogen) atoms. The van der Waals surface area contributed by atoms with Crippen LogP contribution in [-0.4, -0.2) is 52.3 Å². The molecule has 6 heteroatoms. The minimum Gasteiger partial charge on any atom is -0.491 e. The standard InChI is InChI=1S/C25H36O6/c1-18(2)31-25(29)13-9-4-3-8-12-21-22(24(28)16-23(21)27)15-14-19(26)17-30-20-10-6-5-7-11-20/h3,5-8,10-11,14-15,18-19,21-24,26-28H,4,9,12-13,16-17H2,1-2H3/b8-3?,15-14+/t19-,21-,22-,23+,24-/m1/s1. The van der Waals surface area contributed by atoms with Gasteiger partial charge in [-0.15, -0.1) is 0 Å². The third kappa shape index (κ3) is 9.25. The molecule has 5 atom stereocenters. The van der Waals surface area contributed by atoms with Crippen molar-refractivity contribution in [1.29, 1.82) is 0 Å². The van der Waals surface area contributed by atoms with E-state index in [0.717, 1.165) is 12.8 Å². The number of para-hydroxylation sites is 1. The third-order valence-electron chi connectivity index (χ3n) is 5.33. The van der Waals surface area contributed by atoms with E-state index < -0.39 is 18.3 Å². The Morgan fingerprint density at radius 2 is 1.90 bits per heavy atom. The Labute approximate surface area is 185 Å². The van der Waals surface area contributed by atoms with Crippen molar-refractivity contribution >= 4 is 5.97 Å². The van der Waals surface area contributed by atoms with Crippen LogP contribution < -0.4 is 4.74 Å². The number of hydrogen-bond donors (Lipinski definition) is 3. The van der Waals surface area contributed by atoms with Crippen LogP contribution in [-0.2, 0) is 9.53 Å². The van der Waals surface area contributed by atoms with E-state index in [4.69, 9.17) is 9.47 Å². The van der Waals surface area contributed by atoms with Crippen molar-refractivity contribution < 1.29 is 29.6 Å². The summed E-state index contributed by atoms with van der Waals surface area (Å²) in [5, 5.41) is 30.8. The Hall–Kier alpha value is -2.15. The topological polar surface area (TPSA) is 96.2 Å². The summed E-state index contributed by atoms with van der Waals surface area (Å²) in [6.45, 7) is 3.79. The molecular formula is C25H36O6. The van der Waals surface area contributed by atoms with Crippen LogP contribution in [0.3, 0.4) is 0 Å². The minimum absolute atomic E-state index is 0.0910. The van der Waals surface area contributed by atoms with Gasteiger partial charge in [0.25, 0.3) is 0 Å². The average Bonchev–Trinajstić information content (AvgIpc) is 3.00. The largest absolute Gasteiger partial charge is 0.491 e. The number of carbonyl (C=O) groups is 1. The Kier molecular flexibility index (Phi) is 10.8. The summed E-state index contributed by atoms with van der Waals surface area (Å²) >= 11 is 0. The first kappa shape index (κ1) is 25.1. The van der Waals surface area contributed by atoms with E-state index in [1.54, 1.807) is 12.2 Å². The van der Waals surface area contributed by atoms with E-state index in [0.29, 0.717) is 25.0 Å². The fourth-order valence-corrected chi connectivity index (χ4v) is 3.77. The molecule has 0 unspecified atom stereocenters. The number of allylic oxidation sites excluding steroid dienone is 2. The Balaban J connectivity index is 1.77. The summed E-state index contributed by atoms with van der Waals surface area (Å²) in [5.74, 6) is 0.159. The number of benzene rings is 1. The lowest BCUT2D eigenvalue weighted by molar-refractivity contribution is -0.147. The Morgan fingerprint density at radius 3 is 2.61 bits per heavy atom. The quantitative estimate of drug-likeness (QED) is 0.266. The maximum absolute atomic E-state index is 11.5. The second-order valence-electron chi connectivity index (χ2n) is 8.33. The van der Waals surface area contributed by atoms with E-state index in [2.05, 4.69) is 0 Å². The zero-order valence-corrected chi connectivity index (χ0v) is 18.5. The van der Waals surface area contributed by atoms with E-state index in [1.807, 2.05) is 56.3 Å². The van der Waals surface area contributed by atoms with Gasteiger partial charge in [0.1, 0.15) is 18.5 Å². The second kappa shape index (κ2) is 13.3. The van der Waals surface area contributed by atoms with E-state index >= 15 is 0 Å². The van der Waals surface area contributed by atoms with Gasteiger partial charge in [-0.25, -0.2) is 0 Å². The second-order valence-corrected chi connectivity index (χ2v) is 8.33. The fraction of sp³-hybridized carbons (Fsp3) is 0.560. The molecule has 6 nitrogen and oxygen atoms in total. The number of hydrogen-bond acceptors (Lipinski definition) is 6. The number of aliphatic hydroxyl groups is 3. The van der Waals surface area contributed by atoms with Gasteiger partial charge >= 0.3 is 5.97 Å². The van der Waals surface area contributed by atoms with Crippen molar-refractivity contribution in [3.8, 4) is 5.75 Å². The normalized spacial score (nSPS) is 24.8. The first-order valence-electron chi connectivity index (χ1n) is 11.1. The highest BCUT2D eigenvalue weighted by molar-refractivity contribution is 5.69. The molecule has 1 aliphatic carbocycles. The molecule has 1 aliphatic rings. The smallest absolute Gasteiger partial charge is 0.306 e. The van der Waals surface area contributed by atoms with Gasteiger partial charge in [0, 0.05) is 18.8 Å². The number of rotatable bonds is 12. The number of aliphatic hydroxyl groups excluding tert-OH is 3. The van der Waals surface area contributed by atoms with Crippen molar-refractivity contribution in [3.63, 3.8) is 0 Å². The highest BCUT2D eigenvalue weighted by Crippen LogP contribution is 2.36. The molecule has 0 bridgehead atoms. The molecule has 0 aromatic heterocycles. The summed E-state index contributed by atoms with van der Waals surface area (Å²) in [5.41, 5.74) is 0. The first-order valence-corrected chi connectivity index (χ1v) is 11.1. The van der Waals surface area contributed by atoms with Crippen molar-refractivity contribution in [2.45, 2.75) is 70.4 Å². The molecule has 0 radical (unpaired) electrons. The molecule has 1 fully saturated rings. The number of unbranched alkanes of at least 4 members (excludes halogenated alkanes) is 1. The lowest BCUT2D eigenvalue weighted by Gasteiger charge is -2.19. The zero-order valence-electron chi connectivity index (χ0n) is 18.5. The van der Waals surface area contributed by atoms with Crippen LogP contribution in [0, 0.1) is 11.8 Å². The van der Waals surface area contributed by atoms with Gasteiger partial charge in [-0.1, -0.05) is 42.5 Å². The lowest BCUT2D eigenvalue weighted by Crippen LogP contribution is -2.21. The summed E-state index contributed by atoms with van der Waals surface area (Å²) in [6, 6.07) is 9.27. The molecule has 0 amide bonds. The van der Waals surface area contributed by atoms with Gasteiger partial charge in [0.15, 0.2) is 0 Å². The molecule has 0 saturated heterocycles. The van der Waals surface area contributed by atoms with Crippen molar-refractivity contribution in [1.82, 2.24) is 0 Å². The van der Waals surface area contributed by atoms with E-state index in [9.17, 15) is 20.1 Å². The van der Waals surface area contributed by atoms with E-state index in [1.165, 1.54) is 0 Å². The number of esters is 1. The van der Waals surface area contributed by atoms with Crippen molar-refractivity contribution in [2.24, 2.45) is 11.8 Å². The van der Waals surface area contributed by atoms with Gasteiger partial charge in [-0.3, -0.25) is 4.79 Å². The number of ether oxygens (including phenoxy) is 2. The predicted octanol–water partition coefficient (Wildman–Crippen LogP) is 3.41. The fourth-order valence-electron chi connectivity index (χ4n) is 3.77. The summed E-state index contributed by atoms with van der Waals surface area (Å²) in [4.78, 5) is 11.5. The molecule has 0 spiro atoms. The average molecular weight is 433 g/mol. The van der Waals surface area contributed by atoms with Crippen LogP contribution in [0.5, 0.6) is 5.75 Å². The van der Waals surface area contributed by atoms with Gasteiger partial charge in [0.05, 0.1) is 18.3 Å². The highest BCUT2D eigenvalue weighted by atomic mass is 16.5. The Morgan fingerprint density at radius 1 is 1.16 bits per heavy atom. The maximum Gasteiger partial charge on any atom is 0.306 e. The first-order chi connectivity index (χ1) is 14.9. The van der Waals surface area contributed by atoms with Crippen molar-refractivity contribution in [2.75, 3.05) is 6.61 Å². The molecule has 3 N–H and O–H groups in total. The summed E-state index contributed by atoms with van der Waals surface area (Å²) in [7, 11) is 0. The Bertz CT molecular complexity index is 699. The van der Waals surface area contributed by atoms with Gasteiger partial charge in [-0.2, -0.15) is 0 Å². The zero-order chi connectivity index (χ0) is 22.6. The van der Waals surface area contributed by atoms with Gasteiger partial charge < -0.3 is 24.8 Å². The van der Waals surface area contributed by atoms with Crippen LogP contribution >= 0.6 is 0 Å².